The van der Waals surface area contributed by atoms with Gasteiger partial charge in [-0.25, -0.2) is 4.79 Å². The maximum atomic E-state index is 12.7. The SMILES string of the molecule is Cn1c(=O)[nH]c(=O)c2c1nc(N1CCCCC(N)C1)n2Cc1ccccc1Cl. The van der Waals surface area contributed by atoms with Crippen LogP contribution in [-0.4, -0.2) is 38.2 Å². The van der Waals surface area contributed by atoms with E-state index >= 15 is 0 Å². The quantitative estimate of drug-likeness (QED) is 0.690. The molecule has 0 aliphatic carbocycles. The lowest BCUT2D eigenvalue weighted by atomic mass is 10.2. The van der Waals surface area contributed by atoms with Crippen molar-refractivity contribution in [3.63, 3.8) is 0 Å². The molecular weight excluding hydrogens is 380 g/mol. The molecule has 28 heavy (non-hydrogen) atoms. The van der Waals surface area contributed by atoms with Gasteiger partial charge in [0.25, 0.3) is 5.56 Å². The van der Waals surface area contributed by atoms with Gasteiger partial charge in [-0.2, -0.15) is 4.98 Å². The van der Waals surface area contributed by atoms with Crippen molar-refractivity contribution in [2.24, 2.45) is 12.8 Å². The van der Waals surface area contributed by atoms with Crippen molar-refractivity contribution in [2.75, 3.05) is 18.0 Å². The van der Waals surface area contributed by atoms with Crippen LogP contribution < -0.4 is 21.9 Å². The van der Waals surface area contributed by atoms with Gasteiger partial charge in [-0.05, 0) is 24.5 Å². The second-order valence-corrected chi connectivity index (χ2v) is 7.69. The molecule has 3 aromatic rings. The Balaban J connectivity index is 1.94. The smallest absolute Gasteiger partial charge is 0.329 e. The minimum Gasteiger partial charge on any atom is -0.341 e. The summed E-state index contributed by atoms with van der Waals surface area (Å²) in [5.74, 6) is 0.638. The maximum absolute atomic E-state index is 12.7. The Bertz CT molecular complexity index is 1130. The number of rotatable bonds is 3. The van der Waals surface area contributed by atoms with E-state index in [1.165, 1.54) is 4.57 Å². The fourth-order valence-corrected chi connectivity index (χ4v) is 3.96. The number of aromatic nitrogens is 4. The Morgan fingerprint density at radius 2 is 2.07 bits per heavy atom. The second-order valence-electron chi connectivity index (χ2n) is 7.28. The van der Waals surface area contributed by atoms with Crippen LogP contribution in [0, 0.1) is 0 Å². The monoisotopic (exact) mass is 402 g/mol. The Morgan fingerprint density at radius 3 is 2.86 bits per heavy atom. The summed E-state index contributed by atoms with van der Waals surface area (Å²) in [6, 6.07) is 7.54. The molecule has 1 fully saturated rings. The van der Waals surface area contributed by atoms with Crippen molar-refractivity contribution in [2.45, 2.75) is 31.8 Å². The molecule has 2 aromatic heterocycles. The Kier molecular flexibility index (Phi) is 4.99. The lowest BCUT2D eigenvalue weighted by molar-refractivity contribution is 0.615. The lowest BCUT2D eigenvalue weighted by Crippen LogP contribution is -2.37. The Hall–Kier alpha value is -2.58. The number of fused-ring (bicyclic) bond motifs is 1. The summed E-state index contributed by atoms with van der Waals surface area (Å²) in [4.78, 5) is 33.9. The van der Waals surface area contributed by atoms with Crippen molar-refractivity contribution in [1.29, 1.82) is 0 Å². The summed E-state index contributed by atoms with van der Waals surface area (Å²) in [6.07, 6.45) is 3.01. The van der Waals surface area contributed by atoms with Gasteiger partial charge < -0.3 is 10.6 Å². The number of nitrogens with zero attached hydrogens (tertiary/aromatic N) is 4. The average Bonchev–Trinajstić information content (AvgIpc) is 2.90. The van der Waals surface area contributed by atoms with Crippen LogP contribution >= 0.6 is 11.6 Å². The number of anilines is 1. The molecule has 0 radical (unpaired) electrons. The Labute approximate surface area is 166 Å². The van der Waals surface area contributed by atoms with Crippen molar-refractivity contribution in [3.8, 4) is 0 Å². The zero-order valence-corrected chi connectivity index (χ0v) is 16.4. The highest BCUT2D eigenvalue weighted by Crippen LogP contribution is 2.25. The van der Waals surface area contributed by atoms with E-state index in [1.54, 1.807) is 7.05 Å². The number of hydrogen-bond donors (Lipinski definition) is 2. The van der Waals surface area contributed by atoms with Crippen LogP contribution in [0.3, 0.4) is 0 Å². The number of aromatic amines is 1. The third-order valence-corrected chi connectivity index (χ3v) is 5.63. The van der Waals surface area contributed by atoms with Gasteiger partial charge in [-0.3, -0.25) is 18.9 Å². The van der Waals surface area contributed by atoms with Gasteiger partial charge >= 0.3 is 5.69 Å². The van der Waals surface area contributed by atoms with E-state index in [9.17, 15) is 9.59 Å². The first-order valence-electron chi connectivity index (χ1n) is 9.39. The van der Waals surface area contributed by atoms with E-state index in [1.807, 2.05) is 28.8 Å². The average molecular weight is 403 g/mol. The van der Waals surface area contributed by atoms with E-state index < -0.39 is 11.2 Å². The molecule has 0 spiro atoms. The number of aryl methyl sites for hydroxylation is 1. The molecule has 0 saturated carbocycles. The first kappa shape index (κ1) is 18.8. The predicted molar refractivity (Wildman–Crippen MR) is 110 cm³/mol. The zero-order valence-electron chi connectivity index (χ0n) is 15.7. The topological polar surface area (TPSA) is 102 Å². The highest BCUT2D eigenvalue weighted by molar-refractivity contribution is 6.31. The molecule has 9 heteroatoms. The third kappa shape index (κ3) is 3.33. The fourth-order valence-electron chi connectivity index (χ4n) is 3.77. The first-order valence-corrected chi connectivity index (χ1v) is 9.77. The molecule has 0 bridgehead atoms. The standard InChI is InChI=1S/C19H23ClN6O2/c1-24-16-15(17(27)23-19(24)28)26(10-12-6-2-3-8-14(12)20)18(22-16)25-9-5-4-7-13(21)11-25/h2-3,6,8,13H,4-5,7,9-11,21H2,1H3,(H,23,27,28). The van der Waals surface area contributed by atoms with Crippen molar-refractivity contribution < 1.29 is 0 Å². The summed E-state index contributed by atoms with van der Waals surface area (Å²) >= 11 is 6.37. The largest absolute Gasteiger partial charge is 0.341 e. The molecule has 1 aromatic carbocycles. The van der Waals surface area contributed by atoms with Gasteiger partial charge in [0.2, 0.25) is 5.95 Å². The Morgan fingerprint density at radius 1 is 1.29 bits per heavy atom. The van der Waals surface area contributed by atoms with Crippen LogP contribution in [0.1, 0.15) is 24.8 Å². The van der Waals surface area contributed by atoms with E-state index in [0.717, 1.165) is 31.4 Å². The molecule has 1 aliphatic heterocycles. The van der Waals surface area contributed by atoms with Gasteiger partial charge in [-0.1, -0.05) is 36.2 Å². The van der Waals surface area contributed by atoms with Crippen LogP contribution in [-0.2, 0) is 13.6 Å². The van der Waals surface area contributed by atoms with Crippen molar-refractivity contribution in [1.82, 2.24) is 19.1 Å². The third-order valence-electron chi connectivity index (χ3n) is 5.26. The molecule has 1 saturated heterocycles. The first-order chi connectivity index (χ1) is 13.5. The summed E-state index contributed by atoms with van der Waals surface area (Å²) < 4.78 is 3.20. The summed E-state index contributed by atoms with van der Waals surface area (Å²) in [5, 5.41) is 0.615. The van der Waals surface area contributed by atoms with Crippen molar-refractivity contribution in [3.05, 3.63) is 55.7 Å². The second kappa shape index (κ2) is 7.44. The summed E-state index contributed by atoms with van der Waals surface area (Å²) in [7, 11) is 1.60. The molecule has 3 N–H and O–H groups in total. The van der Waals surface area contributed by atoms with E-state index in [2.05, 4.69) is 9.88 Å². The van der Waals surface area contributed by atoms with Gasteiger partial charge in [0, 0.05) is 31.2 Å². The fraction of sp³-hybridized carbons (Fsp3) is 0.421. The molecule has 8 nitrogen and oxygen atoms in total. The number of imidazole rings is 1. The highest BCUT2D eigenvalue weighted by Gasteiger charge is 2.24. The van der Waals surface area contributed by atoms with Gasteiger partial charge in [0.05, 0.1) is 6.54 Å². The number of nitrogens with two attached hydrogens (primary N) is 1. The number of H-pyrrole nitrogens is 1. The van der Waals surface area contributed by atoms with E-state index in [0.29, 0.717) is 35.2 Å². The molecule has 1 aliphatic rings. The molecule has 0 amide bonds. The molecule has 3 heterocycles. The highest BCUT2D eigenvalue weighted by atomic mass is 35.5. The van der Waals surface area contributed by atoms with E-state index in [4.69, 9.17) is 22.3 Å². The predicted octanol–water partition coefficient (Wildman–Crippen LogP) is 1.44. The van der Waals surface area contributed by atoms with Gasteiger partial charge in [0.15, 0.2) is 11.2 Å². The van der Waals surface area contributed by atoms with Crippen LogP contribution in [0.5, 0.6) is 0 Å². The molecule has 1 unspecified atom stereocenters. The van der Waals surface area contributed by atoms with Crippen LogP contribution in [0.2, 0.25) is 5.02 Å². The van der Waals surface area contributed by atoms with Crippen LogP contribution in [0.25, 0.3) is 11.2 Å². The van der Waals surface area contributed by atoms with Gasteiger partial charge in [-0.15, -0.1) is 0 Å². The van der Waals surface area contributed by atoms with Crippen LogP contribution in [0.4, 0.5) is 5.95 Å². The van der Waals surface area contributed by atoms with Crippen molar-refractivity contribution >= 4 is 28.7 Å². The zero-order chi connectivity index (χ0) is 19.8. The molecule has 148 valence electrons. The number of nitrogens with one attached hydrogen (secondary N) is 1. The number of halogens is 1. The maximum Gasteiger partial charge on any atom is 0.329 e. The number of benzene rings is 1. The summed E-state index contributed by atoms with van der Waals surface area (Å²) in [5.41, 5.74) is 6.89. The van der Waals surface area contributed by atoms with Crippen LogP contribution in [0.15, 0.2) is 33.9 Å². The van der Waals surface area contributed by atoms with Gasteiger partial charge in [0.1, 0.15) is 0 Å². The van der Waals surface area contributed by atoms with E-state index in [-0.39, 0.29) is 6.04 Å². The molecule has 1 atom stereocenters. The summed E-state index contributed by atoms with van der Waals surface area (Å²) in [6.45, 7) is 1.82. The normalized spacial score (nSPS) is 17.8. The number of hydrogen-bond acceptors (Lipinski definition) is 5. The minimum absolute atomic E-state index is 0.0400. The minimum atomic E-state index is -0.487. The molecular formula is C19H23ClN6O2. The lowest BCUT2D eigenvalue weighted by Gasteiger charge is -2.24. The molecule has 4 rings (SSSR count).